The molecule has 0 aliphatic carbocycles. The first-order valence-electron chi connectivity index (χ1n) is 8.23. The topological polar surface area (TPSA) is 51.2 Å². The number of ether oxygens (including phenoxy) is 1. The van der Waals surface area contributed by atoms with Crippen molar-refractivity contribution in [2.24, 2.45) is 0 Å². The highest BCUT2D eigenvalue weighted by Crippen LogP contribution is 2.29. The number of nitrogens with zero attached hydrogens (tertiary/aromatic N) is 1. The van der Waals surface area contributed by atoms with Gasteiger partial charge in [0, 0.05) is 23.9 Å². The Kier molecular flexibility index (Phi) is 4.24. The molecule has 2 aromatic carbocycles. The molecule has 2 heterocycles. The number of rotatable bonds is 4. The number of hydrogen-bond donors (Lipinski definition) is 1. The first-order valence-corrected chi connectivity index (χ1v) is 9.05. The van der Waals surface area contributed by atoms with Crippen LogP contribution in [0.2, 0.25) is 0 Å². The Morgan fingerprint density at radius 3 is 2.84 bits per heavy atom. The molecule has 1 N–H and O–H groups in total. The van der Waals surface area contributed by atoms with Crippen LogP contribution in [0.15, 0.2) is 54.7 Å². The van der Waals surface area contributed by atoms with Gasteiger partial charge in [0.15, 0.2) is 11.2 Å². The van der Waals surface area contributed by atoms with E-state index >= 15 is 0 Å². The van der Waals surface area contributed by atoms with Crippen molar-refractivity contribution in [3.05, 3.63) is 76.3 Å². The zero-order valence-corrected chi connectivity index (χ0v) is 14.7. The average molecular weight is 350 g/mol. The van der Waals surface area contributed by atoms with E-state index in [1.54, 1.807) is 0 Å². The standard InChI is InChI=1S/C20H18N2O2S/c1-13-6-8-14(9-7-13)10-16-12-21-20(25-16)22-19(23)18-11-15-4-2-3-5-17(15)24-18/h2-9,12,18H,10-11H2,1H3,(H,21,22,23)/t18-/m0/s1. The Morgan fingerprint density at radius 2 is 2.04 bits per heavy atom. The van der Waals surface area contributed by atoms with Crippen LogP contribution in [-0.4, -0.2) is 17.0 Å². The third-order valence-electron chi connectivity index (χ3n) is 4.22. The summed E-state index contributed by atoms with van der Waals surface area (Å²) < 4.78 is 5.72. The van der Waals surface area contributed by atoms with Crippen LogP contribution in [0.5, 0.6) is 5.75 Å². The minimum absolute atomic E-state index is 0.146. The van der Waals surface area contributed by atoms with Crippen molar-refractivity contribution in [3.63, 3.8) is 0 Å². The van der Waals surface area contributed by atoms with E-state index in [2.05, 4.69) is 41.5 Å². The number of anilines is 1. The zero-order chi connectivity index (χ0) is 17.2. The molecule has 4 nitrogen and oxygen atoms in total. The molecule has 0 radical (unpaired) electrons. The number of fused-ring (bicyclic) bond motifs is 1. The molecule has 0 fully saturated rings. The average Bonchev–Trinajstić information content (AvgIpc) is 3.23. The van der Waals surface area contributed by atoms with E-state index in [1.165, 1.54) is 22.5 Å². The van der Waals surface area contributed by atoms with Gasteiger partial charge in [-0.05, 0) is 24.1 Å². The van der Waals surface area contributed by atoms with Gasteiger partial charge in [0.1, 0.15) is 5.75 Å². The summed E-state index contributed by atoms with van der Waals surface area (Å²) in [7, 11) is 0. The second-order valence-electron chi connectivity index (χ2n) is 6.20. The lowest BCUT2D eigenvalue weighted by Gasteiger charge is -2.09. The van der Waals surface area contributed by atoms with Crippen molar-refractivity contribution in [1.82, 2.24) is 4.98 Å². The van der Waals surface area contributed by atoms with Gasteiger partial charge in [0.2, 0.25) is 0 Å². The third-order valence-corrected chi connectivity index (χ3v) is 5.13. The minimum atomic E-state index is -0.484. The fourth-order valence-corrected chi connectivity index (χ4v) is 3.72. The van der Waals surface area contributed by atoms with Crippen LogP contribution in [0.4, 0.5) is 5.13 Å². The molecule has 0 saturated heterocycles. The van der Waals surface area contributed by atoms with Crippen LogP contribution in [0.3, 0.4) is 0 Å². The number of carbonyl (C=O) groups is 1. The van der Waals surface area contributed by atoms with Crippen LogP contribution < -0.4 is 10.1 Å². The summed E-state index contributed by atoms with van der Waals surface area (Å²) in [5, 5.41) is 3.49. The van der Waals surface area contributed by atoms with Gasteiger partial charge in [-0.15, -0.1) is 11.3 Å². The number of benzene rings is 2. The number of nitrogens with one attached hydrogen (secondary N) is 1. The molecular formula is C20H18N2O2S. The molecule has 1 atom stereocenters. The minimum Gasteiger partial charge on any atom is -0.480 e. The van der Waals surface area contributed by atoms with Gasteiger partial charge in [-0.2, -0.15) is 0 Å². The summed E-state index contributed by atoms with van der Waals surface area (Å²) in [5.41, 5.74) is 3.56. The highest BCUT2D eigenvalue weighted by molar-refractivity contribution is 7.15. The fourth-order valence-electron chi connectivity index (χ4n) is 2.87. The number of aromatic nitrogens is 1. The molecule has 0 unspecified atom stereocenters. The summed E-state index contributed by atoms with van der Waals surface area (Å²) >= 11 is 1.50. The number of thiazole rings is 1. The number of para-hydroxylation sites is 1. The van der Waals surface area contributed by atoms with Gasteiger partial charge in [0.05, 0.1) is 0 Å². The van der Waals surface area contributed by atoms with Crippen LogP contribution >= 0.6 is 11.3 Å². The van der Waals surface area contributed by atoms with Crippen LogP contribution in [0, 0.1) is 6.92 Å². The fraction of sp³-hybridized carbons (Fsp3) is 0.200. The van der Waals surface area contributed by atoms with Crippen molar-refractivity contribution >= 4 is 22.4 Å². The Morgan fingerprint density at radius 1 is 1.24 bits per heavy atom. The van der Waals surface area contributed by atoms with Gasteiger partial charge >= 0.3 is 0 Å². The van der Waals surface area contributed by atoms with Crippen LogP contribution in [-0.2, 0) is 17.6 Å². The van der Waals surface area contributed by atoms with Crippen molar-refractivity contribution in [2.75, 3.05) is 5.32 Å². The van der Waals surface area contributed by atoms with Crippen molar-refractivity contribution in [1.29, 1.82) is 0 Å². The third kappa shape index (κ3) is 3.56. The second-order valence-corrected chi connectivity index (χ2v) is 7.32. The van der Waals surface area contributed by atoms with Gasteiger partial charge in [-0.3, -0.25) is 10.1 Å². The maximum absolute atomic E-state index is 12.4. The SMILES string of the molecule is Cc1ccc(Cc2cnc(NC(=O)[C@@H]3Cc4ccccc4O3)s2)cc1. The molecule has 126 valence electrons. The number of amides is 1. The molecule has 25 heavy (non-hydrogen) atoms. The van der Waals surface area contributed by atoms with E-state index < -0.39 is 6.10 Å². The number of aryl methyl sites for hydroxylation is 1. The summed E-state index contributed by atoms with van der Waals surface area (Å²) in [6.07, 6.45) is 2.76. The van der Waals surface area contributed by atoms with E-state index in [4.69, 9.17) is 4.74 Å². The van der Waals surface area contributed by atoms with Gasteiger partial charge in [-0.1, -0.05) is 48.0 Å². The van der Waals surface area contributed by atoms with Crippen molar-refractivity contribution in [3.8, 4) is 5.75 Å². The first-order chi connectivity index (χ1) is 12.2. The molecule has 0 saturated carbocycles. The summed E-state index contributed by atoms with van der Waals surface area (Å²) in [6.45, 7) is 2.08. The van der Waals surface area contributed by atoms with E-state index in [9.17, 15) is 4.79 Å². The lowest BCUT2D eigenvalue weighted by Crippen LogP contribution is -2.31. The van der Waals surface area contributed by atoms with Crippen LogP contribution in [0.25, 0.3) is 0 Å². The molecule has 1 aliphatic heterocycles. The molecule has 5 heteroatoms. The van der Waals surface area contributed by atoms with Gasteiger partial charge in [0.25, 0.3) is 5.91 Å². The second kappa shape index (κ2) is 6.69. The molecule has 1 aliphatic rings. The summed E-state index contributed by atoms with van der Waals surface area (Å²) in [4.78, 5) is 17.9. The maximum atomic E-state index is 12.4. The Balaban J connectivity index is 1.38. The lowest BCUT2D eigenvalue weighted by atomic mass is 10.1. The zero-order valence-electron chi connectivity index (χ0n) is 13.9. The Labute approximate surface area is 150 Å². The molecule has 4 rings (SSSR count). The van der Waals surface area contributed by atoms with Gasteiger partial charge < -0.3 is 4.74 Å². The van der Waals surface area contributed by atoms with Crippen LogP contribution in [0.1, 0.15) is 21.6 Å². The number of carbonyl (C=O) groups excluding carboxylic acids is 1. The van der Waals surface area contributed by atoms with Crippen molar-refractivity contribution in [2.45, 2.75) is 25.9 Å². The Hall–Kier alpha value is -2.66. The largest absolute Gasteiger partial charge is 0.480 e. The summed E-state index contributed by atoms with van der Waals surface area (Å²) in [6, 6.07) is 16.2. The maximum Gasteiger partial charge on any atom is 0.267 e. The molecule has 3 aromatic rings. The van der Waals surface area contributed by atoms with E-state index in [0.29, 0.717) is 11.6 Å². The quantitative estimate of drug-likeness (QED) is 0.774. The van der Waals surface area contributed by atoms with E-state index in [1.807, 2.05) is 30.5 Å². The van der Waals surface area contributed by atoms with E-state index in [-0.39, 0.29) is 5.91 Å². The molecule has 1 amide bonds. The first kappa shape index (κ1) is 15.8. The predicted octanol–water partition coefficient (Wildman–Crippen LogP) is 3.98. The predicted molar refractivity (Wildman–Crippen MR) is 99.3 cm³/mol. The van der Waals surface area contributed by atoms with Gasteiger partial charge in [-0.25, -0.2) is 4.98 Å². The highest BCUT2D eigenvalue weighted by atomic mass is 32.1. The monoisotopic (exact) mass is 350 g/mol. The molecule has 0 bridgehead atoms. The van der Waals surface area contributed by atoms with E-state index in [0.717, 1.165) is 22.6 Å². The lowest BCUT2D eigenvalue weighted by molar-refractivity contribution is -0.122. The molecule has 1 aromatic heterocycles. The van der Waals surface area contributed by atoms with Crippen molar-refractivity contribution < 1.29 is 9.53 Å². The molecular weight excluding hydrogens is 332 g/mol. The normalized spacial score (nSPS) is 15.5. The smallest absolute Gasteiger partial charge is 0.267 e. The molecule has 0 spiro atoms. The Bertz CT molecular complexity index is 877. The summed E-state index contributed by atoms with van der Waals surface area (Å²) in [5.74, 6) is 0.647. The number of hydrogen-bond acceptors (Lipinski definition) is 4. The highest BCUT2D eigenvalue weighted by Gasteiger charge is 2.29.